The Bertz CT molecular complexity index is 595. The summed E-state index contributed by atoms with van der Waals surface area (Å²) in [7, 11) is 0. The Morgan fingerprint density at radius 2 is 2.11 bits per heavy atom. The number of hydrogen-bond acceptors (Lipinski definition) is 4. The maximum absolute atomic E-state index is 11.5. The molecule has 1 aromatic heterocycles. The highest BCUT2D eigenvalue weighted by Gasteiger charge is 2.16. The molecule has 0 N–H and O–H groups in total. The van der Waals surface area contributed by atoms with E-state index in [9.17, 15) is 4.79 Å². The largest absolute Gasteiger partial charge is 0.463 e. The number of benzene rings is 1. The van der Waals surface area contributed by atoms with Crippen LogP contribution in [-0.4, -0.2) is 23.7 Å². The van der Waals surface area contributed by atoms with E-state index in [1.54, 1.807) is 13.8 Å². The van der Waals surface area contributed by atoms with Gasteiger partial charge in [-0.1, -0.05) is 18.2 Å². The van der Waals surface area contributed by atoms with E-state index >= 15 is 0 Å². The quantitative estimate of drug-likeness (QED) is 0.792. The Morgan fingerprint density at radius 3 is 2.84 bits per heavy atom. The van der Waals surface area contributed by atoms with Gasteiger partial charge in [0.25, 0.3) is 0 Å². The molecule has 1 heterocycles. The highest BCUT2D eigenvalue weighted by Crippen LogP contribution is 2.21. The van der Waals surface area contributed by atoms with Crippen LogP contribution in [0, 0.1) is 6.92 Å². The minimum Gasteiger partial charge on any atom is -0.463 e. The van der Waals surface area contributed by atoms with Crippen LogP contribution >= 0.6 is 0 Å². The molecule has 1 unspecified atom stereocenters. The Labute approximate surface area is 112 Å². The first kappa shape index (κ1) is 13.3. The smallest absolute Gasteiger partial charge is 0.347 e. The molecule has 100 valence electrons. The van der Waals surface area contributed by atoms with Gasteiger partial charge in [0.2, 0.25) is 5.88 Å². The molecular weight excluding hydrogens is 242 g/mol. The summed E-state index contributed by atoms with van der Waals surface area (Å²) < 4.78 is 10.4. The fraction of sp³-hybridized carbons (Fsp3) is 0.333. The molecule has 0 amide bonds. The lowest BCUT2D eigenvalue weighted by Gasteiger charge is -2.13. The van der Waals surface area contributed by atoms with E-state index in [1.165, 1.54) is 0 Å². The predicted molar refractivity (Wildman–Crippen MR) is 73.2 cm³/mol. The van der Waals surface area contributed by atoms with Gasteiger partial charge in [0.05, 0.1) is 12.1 Å². The van der Waals surface area contributed by atoms with Crippen molar-refractivity contribution < 1.29 is 14.3 Å². The number of carbonyl (C=O) groups is 1. The summed E-state index contributed by atoms with van der Waals surface area (Å²) in [6.07, 6.45) is -0.659. The molecule has 4 heteroatoms. The van der Waals surface area contributed by atoms with Crippen molar-refractivity contribution in [1.82, 2.24) is 4.98 Å². The highest BCUT2D eigenvalue weighted by molar-refractivity contribution is 5.82. The Morgan fingerprint density at radius 1 is 1.37 bits per heavy atom. The average molecular weight is 259 g/mol. The molecule has 1 aromatic carbocycles. The number of aryl methyl sites for hydroxylation is 1. The maximum atomic E-state index is 11.5. The van der Waals surface area contributed by atoms with Crippen molar-refractivity contribution in [1.29, 1.82) is 0 Å². The summed E-state index contributed by atoms with van der Waals surface area (Å²) in [6.45, 7) is 5.76. The van der Waals surface area contributed by atoms with Crippen molar-refractivity contribution in [3.8, 4) is 5.88 Å². The lowest BCUT2D eigenvalue weighted by atomic mass is 10.1. The second kappa shape index (κ2) is 5.69. The average Bonchev–Trinajstić information content (AvgIpc) is 2.39. The standard InChI is InChI=1S/C15H17NO3/c1-4-18-15(17)11(3)19-14-9-10(2)12-7-5-6-8-13(12)16-14/h5-9,11H,4H2,1-3H3. The van der Waals surface area contributed by atoms with E-state index in [0.29, 0.717) is 12.5 Å². The summed E-state index contributed by atoms with van der Waals surface area (Å²) in [6, 6.07) is 9.66. The number of pyridine rings is 1. The molecule has 19 heavy (non-hydrogen) atoms. The van der Waals surface area contributed by atoms with E-state index in [2.05, 4.69) is 4.98 Å². The minimum atomic E-state index is -0.659. The van der Waals surface area contributed by atoms with Crippen molar-refractivity contribution >= 4 is 16.9 Å². The van der Waals surface area contributed by atoms with Crippen LogP contribution in [0.5, 0.6) is 5.88 Å². The van der Waals surface area contributed by atoms with E-state index in [0.717, 1.165) is 16.5 Å². The molecule has 0 aliphatic heterocycles. The molecule has 0 radical (unpaired) electrons. The summed E-state index contributed by atoms with van der Waals surface area (Å²) in [4.78, 5) is 15.9. The summed E-state index contributed by atoms with van der Waals surface area (Å²) in [5, 5.41) is 1.08. The molecule has 2 rings (SSSR count). The van der Waals surface area contributed by atoms with Gasteiger partial charge in [0.15, 0.2) is 6.10 Å². The highest BCUT2D eigenvalue weighted by atomic mass is 16.6. The Balaban J connectivity index is 2.24. The van der Waals surface area contributed by atoms with Gasteiger partial charge in [-0.15, -0.1) is 0 Å². The Hall–Kier alpha value is -2.10. The third-order valence-corrected chi connectivity index (χ3v) is 2.82. The van der Waals surface area contributed by atoms with Crippen molar-refractivity contribution in [2.24, 2.45) is 0 Å². The van der Waals surface area contributed by atoms with E-state index < -0.39 is 6.10 Å². The van der Waals surface area contributed by atoms with Crippen LogP contribution < -0.4 is 4.74 Å². The second-order valence-corrected chi connectivity index (χ2v) is 4.31. The molecule has 4 nitrogen and oxygen atoms in total. The SMILES string of the molecule is CCOC(=O)C(C)Oc1cc(C)c2ccccc2n1. The van der Waals surface area contributed by atoms with E-state index in [-0.39, 0.29) is 5.97 Å². The van der Waals surface area contributed by atoms with Crippen LogP contribution in [0.25, 0.3) is 10.9 Å². The number of para-hydroxylation sites is 1. The van der Waals surface area contributed by atoms with Crippen LogP contribution in [0.3, 0.4) is 0 Å². The first-order valence-corrected chi connectivity index (χ1v) is 6.31. The first-order chi connectivity index (χ1) is 9.11. The molecule has 1 atom stereocenters. The van der Waals surface area contributed by atoms with Gasteiger partial charge in [0.1, 0.15) is 0 Å². The fourth-order valence-corrected chi connectivity index (χ4v) is 1.87. The molecule has 0 saturated heterocycles. The molecular formula is C15H17NO3. The van der Waals surface area contributed by atoms with Crippen molar-refractivity contribution in [2.45, 2.75) is 26.9 Å². The fourth-order valence-electron chi connectivity index (χ4n) is 1.87. The summed E-state index contributed by atoms with van der Waals surface area (Å²) in [5.41, 5.74) is 1.92. The molecule has 0 bridgehead atoms. The van der Waals surface area contributed by atoms with Gasteiger partial charge in [0, 0.05) is 11.5 Å². The van der Waals surface area contributed by atoms with Gasteiger partial charge in [-0.05, 0) is 32.4 Å². The second-order valence-electron chi connectivity index (χ2n) is 4.31. The van der Waals surface area contributed by atoms with Crippen LogP contribution in [0.2, 0.25) is 0 Å². The van der Waals surface area contributed by atoms with Gasteiger partial charge in [-0.3, -0.25) is 0 Å². The zero-order valence-electron chi connectivity index (χ0n) is 11.3. The molecule has 0 aliphatic carbocycles. The number of carbonyl (C=O) groups excluding carboxylic acids is 1. The number of esters is 1. The lowest BCUT2D eigenvalue weighted by molar-refractivity contribution is -0.150. The van der Waals surface area contributed by atoms with Gasteiger partial charge in [-0.25, -0.2) is 9.78 Å². The van der Waals surface area contributed by atoms with Gasteiger partial charge in [-0.2, -0.15) is 0 Å². The van der Waals surface area contributed by atoms with Gasteiger partial charge >= 0.3 is 5.97 Å². The van der Waals surface area contributed by atoms with Gasteiger partial charge < -0.3 is 9.47 Å². The third-order valence-electron chi connectivity index (χ3n) is 2.82. The van der Waals surface area contributed by atoms with Crippen LogP contribution in [0.15, 0.2) is 30.3 Å². The van der Waals surface area contributed by atoms with Crippen molar-refractivity contribution in [3.05, 3.63) is 35.9 Å². The normalized spacial score (nSPS) is 12.2. The number of aromatic nitrogens is 1. The number of ether oxygens (including phenoxy) is 2. The van der Waals surface area contributed by atoms with Crippen LogP contribution in [0.1, 0.15) is 19.4 Å². The third kappa shape index (κ3) is 3.02. The number of nitrogens with zero attached hydrogens (tertiary/aromatic N) is 1. The molecule has 0 spiro atoms. The number of rotatable bonds is 4. The summed E-state index contributed by atoms with van der Waals surface area (Å²) in [5.74, 6) is 0.0619. The maximum Gasteiger partial charge on any atom is 0.347 e. The zero-order chi connectivity index (χ0) is 13.8. The molecule has 0 aliphatic rings. The Kier molecular flexibility index (Phi) is 4.00. The number of fused-ring (bicyclic) bond motifs is 1. The molecule has 0 saturated carbocycles. The molecule has 2 aromatic rings. The molecule has 0 fully saturated rings. The predicted octanol–water partition coefficient (Wildman–Crippen LogP) is 2.87. The minimum absolute atomic E-state index is 0.344. The number of hydrogen-bond donors (Lipinski definition) is 0. The lowest BCUT2D eigenvalue weighted by Crippen LogP contribution is -2.26. The van der Waals surface area contributed by atoms with E-state index in [4.69, 9.17) is 9.47 Å². The van der Waals surface area contributed by atoms with Crippen molar-refractivity contribution in [3.63, 3.8) is 0 Å². The van der Waals surface area contributed by atoms with Crippen LogP contribution in [0.4, 0.5) is 0 Å². The van der Waals surface area contributed by atoms with Crippen LogP contribution in [-0.2, 0) is 9.53 Å². The zero-order valence-corrected chi connectivity index (χ0v) is 11.3. The topological polar surface area (TPSA) is 48.4 Å². The monoisotopic (exact) mass is 259 g/mol. The van der Waals surface area contributed by atoms with E-state index in [1.807, 2.05) is 37.3 Å². The van der Waals surface area contributed by atoms with Crippen molar-refractivity contribution in [2.75, 3.05) is 6.61 Å². The first-order valence-electron chi connectivity index (χ1n) is 6.31. The summed E-state index contributed by atoms with van der Waals surface area (Å²) >= 11 is 0.